The van der Waals surface area contributed by atoms with Crippen LogP contribution < -0.4 is 0 Å². The Kier molecular flexibility index (Phi) is 5.54. The third kappa shape index (κ3) is 4.66. The molecule has 0 saturated carbocycles. The summed E-state index contributed by atoms with van der Waals surface area (Å²) in [7, 11) is 0. The number of hydrogen-bond donors (Lipinski definition) is 0. The minimum absolute atomic E-state index is 0.106. The van der Waals surface area contributed by atoms with Gasteiger partial charge in [0.25, 0.3) is 0 Å². The number of rotatable bonds is 6. The lowest BCUT2D eigenvalue weighted by Gasteiger charge is -2.04. The zero-order valence-electron chi connectivity index (χ0n) is 12.7. The maximum absolute atomic E-state index is 13.5. The number of nitrogens with zero attached hydrogens (tertiary/aromatic N) is 1. The van der Waals surface area contributed by atoms with Crippen molar-refractivity contribution in [2.24, 2.45) is 0 Å². The van der Waals surface area contributed by atoms with E-state index in [0.717, 1.165) is 27.7 Å². The smallest absolute Gasteiger partial charge is 0.306 e. The van der Waals surface area contributed by atoms with Gasteiger partial charge in [0.15, 0.2) is 5.78 Å². The lowest BCUT2D eigenvalue weighted by molar-refractivity contribution is -0.144. The van der Waals surface area contributed by atoms with Gasteiger partial charge >= 0.3 is 5.97 Å². The van der Waals surface area contributed by atoms with E-state index in [1.807, 2.05) is 13.8 Å². The van der Waals surface area contributed by atoms with Crippen molar-refractivity contribution in [3.63, 3.8) is 0 Å². The lowest BCUT2D eigenvalue weighted by Crippen LogP contribution is -2.09. The van der Waals surface area contributed by atoms with Crippen LogP contribution in [0.4, 0.5) is 8.78 Å². The number of aromatic nitrogens is 1. The number of hydrogen-bond acceptors (Lipinski definition) is 5. The van der Waals surface area contributed by atoms with Gasteiger partial charge < -0.3 is 4.74 Å². The van der Waals surface area contributed by atoms with E-state index in [9.17, 15) is 18.4 Å². The van der Waals surface area contributed by atoms with Crippen molar-refractivity contribution >= 4 is 23.1 Å². The zero-order chi connectivity index (χ0) is 17.0. The molecule has 122 valence electrons. The highest BCUT2D eigenvalue weighted by molar-refractivity contribution is 7.11. The number of carbonyl (C=O) groups excluding carboxylic acids is 2. The first-order valence-corrected chi connectivity index (χ1v) is 7.75. The largest absolute Gasteiger partial charge is 0.460 e. The van der Waals surface area contributed by atoms with E-state index in [-0.39, 0.29) is 25.0 Å². The maximum atomic E-state index is 13.5. The summed E-state index contributed by atoms with van der Waals surface area (Å²) in [5.74, 6) is -2.80. The highest BCUT2D eigenvalue weighted by atomic mass is 32.1. The van der Waals surface area contributed by atoms with Gasteiger partial charge in [-0.05, 0) is 26.0 Å². The average molecular weight is 339 g/mol. The lowest BCUT2D eigenvalue weighted by atomic mass is 10.1. The predicted molar refractivity (Wildman–Crippen MR) is 81.3 cm³/mol. The summed E-state index contributed by atoms with van der Waals surface area (Å²) >= 11 is 1.44. The van der Waals surface area contributed by atoms with Crippen LogP contribution in [0.3, 0.4) is 0 Å². The molecule has 1 aromatic heterocycles. The Morgan fingerprint density at radius 2 is 1.96 bits per heavy atom. The van der Waals surface area contributed by atoms with Crippen LogP contribution in [0, 0.1) is 25.5 Å². The summed E-state index contributed by atoms with van der Waals surface area (Å²) < 4.78 is 31.3. The first kappa shape index (κ1) is 17.2. The minimum atomic E-state index is -0.931. The second kappa shape index (κ2) is 7.41. The number of carbonyl (C=O) groups is 2. The third-order valence-corrected chi connectivity index (χ3v) is 4.20. The molecule has 0 N–H and O–H groups in total. The molecule has 7 heteroatoms. The molecule has 2 aromatic rings. The van der Waals surface area contributed by atoms with Gasteiger partial charge in [0, 0.05) is 12.5 Å². The van der Waals surface area contributed by atoms with E-state index in [4.69, 9.17) is 4.74 Å². The molecule has 0 aliphatic rings. The molecule has 0 aliphatic carbocycles. The average Bonchev–Trinajstić information content (AvgIpc) is 2.80. The minimum Gasteiger partial charge on any atom is -0.460 e. The number of thiazole rings is 1. The fourth-order valence-corrected chi connectivity index (χ4v) is 2.84. The third-order valence-electron chi connectivity index (χ3n) is 3.15. The first-order chi connectivity index (χ1) is 10.9. The van der Waals surface area contributed by atoms with E-state index in [1.165, 1.54) is 11.3 Å². The second-order valence-corrected chi connectivity index (χ2v) is 6.24. The van der Waals surface area contributed by atoms with Gasteiger partial charge in [-0.1, -0.05) is 0 Å². The molecule has 0 unspecified atom stereocenters. The molecule has 23 heavy (non-hydrogen) atoms. The molecule has 0 atom stereocenters. The molecular formula is C16H15F2NO3S. The van der Waals surface area contributed by atoms with Crippen LogP contribution in [0.2, 0.25) is 0 Å². The molecule has 1 heterocycles. The van der Waals surface area contributed by atoms with Gasteiger partial charge in [-0.25, -0.2) is 13.8 Å². The van der Waals surface area contributed by atoms with Crippen LogP contribution in [0.15, 0.2) is 18.2 Å². The Bertz CT molecular complexity index is 743. The second-order valence-electron chi connectivity index (χ2n) is 4.95. The number of ether oxygens (including phenoxy) is 1. The van der Waals surface area contributed by atoms with E-state index >= 15 is 0 Å². The Morgan fingerprint density at radius 1 is 1.22 bits per heavy atom. The highest BCUT2D eigenvalue weighted by Crippen LogP contribution is 2.18. The summed E-state index contributed by atoms with van der Waals surface area (Å²) in [4.78, 5) is 28.6. The van der Waals surface area contributed by atoms with Crippen LogP contribution >= 0.6 is 11.3 Å². The Balaban J connectivity index is 1.84. The number of halogens is 2. The van der Waals surface area contributed by atoms with Crippen LogP contribution in [0.1, 0.15) is 38.8 Å². The summed E-state index contributed by atoms with van der Waals surface area (Å²) in [6, 6.07) is 2.71. The van der Waals surface area contributed by atoms with Crippen LogP contribution in [-0.4, -0.2) is 16.7 Å². The molecule has 4 nitrogen and oxygen atoms in total. The van der Waals surface area contributed by atoms with Gasteiger partial charge in [-0.2, -0.15) is 0 Å². The molecule has 0 fully saturated rings. The quantitative estimate of drug-likeness (QED) is 0.594. The predicted octanol–water partition coefficient (Wildman–Crippen LogP) is 3.74. The van der Waals surface area contributed by atoms with Crippen molar-refractivity contribution < 1.29 is 23.1 Å². The summed E-state index contributed by atoms with van der Waals surface area (Å²) in [5, 5.41) is 0.885. The summed E-state index contributed by atoms with van der Waals surface area (Å²) in [5.41, 5.74) is 0.581. The number of benzene rings is 1. The molecule has 2 rings (SSSR count). The van der Waals surface area contributed by atoms with Crippen molar-refractivity contribution in [2.75, 3.05) is 0 Å². The van der Waals surface area contributed by atoms with Crippen molar-refractivity contribution in [1.29, 1.82) is 0 Å². The van der Waals surface area contributed by atoms with Gasteiger partial charge in [0.1, 0.15) is 18.2 Å². The molecule has 0 bridgehead atoms. The highest BCUT2D eigenvalue weighted by Gasteiger charge is 2.15. The van der Waals surface area contributed by atoms with E-state index in [1.54, 1.807) is 0 Å². The van der Waals surface area contributed by atoms with E-state index < -0.39 is 23.4 Å². The normalized spacial score (nSPS) is 10.6. The molecular weight excluding hydrogens is 324 g/mol. The van der Waals surface area contributed by atoms with Crippen molar-refractivity contribution in [1.82, 2.24) is 4.98 Å². The Hall–Kier alpha value is -2.15. The Labute approximate surface area is 136 Å². The molecule has 1 aromatic carbocycles. The molecule has 0 spiro atoms. The fourth-order valence-electron chi connectivity index (χ4n) is 1.99. The van der Waals surface area contributed by atoms with Crippen molar-refractivity contribution in [3.05, 3.63) is 51.0 Å². The van der Waals surface area contributed by atoms with Crippen LogP contribution in [0.25, 0.3) is 0 Å². The summed E-state index contributed by atoms with van der Waals surface area (Å²) in [6.45, 7) is 3.79. The van der Waals surface area contributed by atoms with Crippen molar-refractivity contribution in [2.45, 2.75) is 33.3 Å². The van der Waals surface area contributed by atoms with Gasteiger partial charge in [0.05, 0.1) is 27.6 Å². The van der Waals surface area contributed by atoms with Gasteiger partial charge in [-0.15, -0.1) is 11.3 Å². The van der Waals surface area contributed by atoms with Crippen LogP contribution in [-0.2, 0) is 16.1 Å². The molecule has 0 aliphatic heterocycles. The molecule has 0 amide bonds. The first-order valence-electron chi connectivity index (χ1n) is 6.93. The number of esters is 1. The zero-order valence-corrected chi connectivity index (χ0v) is 13.5. The number of Topliss-reactive ketones (excluding diaryl/α,β-unsaturated/α-hetero) is 1. The molecule has 0 saturated heterocycles. The standard InChI is InChI=1S/C16H15F2NO3S/c1-9-15(23-10(2)19-9)8-22-16(21)6-5-14(20)12-4-3-11(17)7-13(12)18/h3-4,7H,5-6,8H2,1-2H3. The summed E-state index contributed by atoms with van der Waals surface area (Å²) in [6.07, 6.45) is -0.353. The molecule has 0 radical (unpaired) electrons. The fraction of sp³-hybridized carbons (Fsp3) is 0.312. The van der Waals surface area contributed by atoms with E-state index in [0.29, 0.717) is 6.07 Å². The van der Waals surface area contributed by atoms with Crippen molar-refractivity contribution in [3.8, 4) is 0 Å². The number of aryl methyl sites for hydroxylation is 2. The Morgan fingerprint density at radius 3 is 2.57 bits per heavy atom. The van der Waals surface area contributed by atoms with E-state index in [2.05, 4.69) is 4.98 Å². The van der Waals surface area contributed by atoms with Crippen LogP contribution in [0.5, 0.6) is 0 Å². The number of ketones is 1. The maximum Gasteiger partial charge on any atom is 0.306 e. The SMILES string of the molecule is Cc1nc(C)c(COC(=O)CCC(=O)c2ccc(F)cc2F)s1. The topological polar surface area (TPSA) is 56.3 Å². The van der Waals surface area contributed by atoms with Gasteiger partial charge in [-0.3, -0.25) is 9.59 Å². The monoisotopic (exact) mass is 339 g/mol. The van der Waals surface area contributed by atoms with Gasteiger partial charge in [0.2, 0.25) is 0 Å².